The topological polar surface area (TPSA) is 47.6 Å². The monoisotopic (exact) mass is 302 g/mol. The van der Waals surface area contributed by atoms with Crippen LogP contribution in [0.3, 0.4) is 0 Å². The number of anilines is 2. The normalized spacial score (nSPS) is 19.2. The van der Waals surface area contributed by atoms with Crippen LogP contribution in [0.25, 0.3) is 0 Å². The van der Waals surface area contributed by atoms with Crippen molar-refractivity contribution in [3.63, 3.8) is 0 Å². The number of carbonyl (C=O) groups excluding carboxylic acids is 1. The Morgan fingerprint density at radius 3 is 2.45 bits per heavy atom. The van der Waals surface area contributed by atoms with Crippen LogP contribution in [0.5, 0.6) is 0 Å². The Labute approximate surface area is 132 Å². The van der Waals surface area contributed by atoms with Crippen molar-refractivity contribution < 1.29 is 4.79 Å². The molecule has 1 heterocycles. The maximum Gasteiger partial charge on any atom is 0.225 e. The van der Waals surface area contributed by atoms with E-state index < -0.39 is 0 Å². The van der Waals surface area contributed by atoms with Crippen molar-refractivity contribution in [1.29, 1.82) is 0 Å². The molecule has 1 saturated carbocycles. The van der Waals surface area contributed by atoms with Crippen molar-refractivity contribution >= 4 is 17.3 Å². The SMILES string of the molecule is CN1CCN(c2ccc(NC(=O)CCNC3CC3)cc2)CC1. The van der Waals surface area contributed by atoms with E-state index in [1.165, 1.54) is 18.5 Å². The maximum atomic E-state index is 11.9. The molecular formula is C17H26N4O. The molecule has 1 saturated heterocycles. The van der Waals surface area contributed by atoms with Crippen molar-refractivity contribution in [2.24, 2.45) is 0 Å². The average Bonchev–Trinajstić information content (AvgIpc) is 3.33. The lowest BCUT2D eigenvalue weighted by Crippen LogP contribution is -2.44. The lowest BCUT2D eigenvalue weighted by atomic mass is 10.2. The smallest absolute Gasteiger partial charge is 0.225 e. The Morgan fingerprint density at radius 1 is 1.14 bits per heavy atom. The van der Waals surface area contributed by atoms with Gasteiger partial charge in [-0.25, -0.2) is 0 Å². The summed E-state index contributed by atoms with van der Waals surface area (Å²) in [6.07, 6.45) is 3.06. The number of amides is 1. The van der Waals surface area contributed by atoms with E-state index in [0.29, 0.717) is 12.5 Å². The van der Waals surface area contributed by atoms with E-state index in [0.717, 1.165) is 38.4 Å². The highest BCUT2D eigenvalue weighted by atomic mass is 16.1. The van der Waals surface area contributed by atoms with Crippen molar-refractivity contribution in [2.75, 3.05) is 50.0 Å². The van der Waals surface area contributed by atoms with Gasteiger partial charge in [0.05, 0.1) is 0 Å². The fourth-order valence-electron chi connectivity index (χ4n) is 2.72. The summed E-state index contributed by atoms with van der Waals surface area (Å²) in [4.78, 5) is 16.6. The van der Waals surface area contributed by atoms with Gasteiger partial charge in [0.1, 0.15) is 0 Å². The molecule has 1 aromatic rings. The van der Waals surface area contributed by atoms with Crippen LogP contribution < -0.4 is 15.5 Å². The summed E-state index contributed by atoms with van der Waals surface area (Å²) >= 11 is 0. The van der Waals surface area contributed by atoms with Crippen LogP contribution in [0.4, 0.5) is 11.4 Å². The molecule has 0 aromatic heterocycles. The zero-order valence-corrected chi connectivity index (χ0v) is 13.3. The standard InChI is InChI=1S/C17H26N4O/c1-20-10-12-21(13-11-20)16-6-4-15(5-7-16)19-17(22)8-9-18-14-2-3-14/h4-7,14,18H,2-3,8-13H2,1H3,(H,19,22). The number of carbonyl (C=O) groups is 1. The fourth-order valence-corrected chi connectivity index (χ4v) is 2.72. The lowest BCUT2D eigenvalue weighted by molar-refractivity contribution is -0.116. The molecular weight excluding hydrogens is 276 g/mol. The Morgan fingerprint density at radius 2 is 1.82 bits per heavy atom. The van der Waals surface area contributed by atoms with Gasteiger partial charge in [-0.05, 0) is 44.2 Å². The molecule has 22 heavy (non-hydrogen) atoms. The molecule has 0 unspecified atom stereocenters. The summed E-state index contributed by atoms with van der Waals surface area (Å²) in [6.45, 7) is 5.11. The van der Waals surface area contributed by atoms with E-state index in [1.54, 1.807) is 0 Å². The largest absolute Gasteiger partial charge is 0.369 e. The molecule has 0 radical (unpaired) electrons. The van der Waals surface area contributed by atoms with Gasteiger partial charge in [0.25, 0.3) is 0 Å². The number of likely N-dealkylation sites (N-methyl/N-ethyl adjacent to an activating group) is 1. The number of nitrogens with one attached hydrogen (secondary N) is 2. The summed E-state index contributed by atoms with van der Waals surface area (Å²) in [6, 6.07) is 8.86. The van der Waals surface area contributed by atoms with Gasteiger partial charge in [0.15, 0.2) is 0 Å². The molecule has 2 fully saturated rings. The van der Waals surface area contributed by atoms with Gasteiger partial charge < -0.3 is 20.4 Å². The van der Waals surface area contributed by atoms with Gasteiger partial charge in [-0.2, -0.15) is 0 Å². The highest BCUT2D eigenvalue weighted by Crippen LogP contribution is 2.20. The second-order valence-electron chi connectivity index (χ2n) is 6.36. The predicted octanol–water partition coefficient (Wildman–Crippen LogP) is 1.52. The third-order valence-corrected chi connectivity index (χ3v) is 4.38. The van der Waals surface area contributed by atoms with Crippen LogP contribution in [0.2, 0.25) is 0 Å². The van der Waals surface area contributed by atoms with Gasteiger partial charge in [-0.15, -0.1) is 0 Å². The summed E-state index contributed by atoms with van der Waals surface area (Å²) < 4.78 is 0. The zero-order chi connectivity index (χ0) is 15.4. The first-order valence-electron chi connectivity index (χ1n) is 8.27. The number of hydrogen-bond acceptors (Lipinski definition) is 4. The third kappa shape index (κ3) is 4.45. The van der Waals surface area contributed by atoms with Crippen LogP contribution in [-0.2, 0) is 4.79 Å². The molecule has 2 aliphatic rings. The molecule has 1 aromatic carbocycles. The van der Waals surface area contributed by atoms with Crippen molar-refractivity contribution in [2.45, 2.75) is 25.3 Å². The minimum absolute atomic E-state index is 0.0838. The summed E-state index contributed by atoms with van der Waals surface area (Å²) in [5.41, 5.74) is 2.12. The van der Waals surface area contributed by atoms with Crippen LogP contribution in [0.15, 0.2) is 24.3 Å². The van der Waals surface area contributed by atoms with Gasteiger partial charge >= 0.3 is 0 Å². The summed E-state index contributed by atoms with van der Waals surface area (Å²) in [5.74, 6) is 0.0838. The Bertz CT molecular complexity index is 490. The number of rotatable bonds is 6. The molecule has 0 spiro atoms. The highest BCUT2D eigenvalue weighted by Gasteiger charge is 2.20. The Hall–Kier alpha value is -1.59. The average molecular weight is 302 g/mol. The zero-order valence-electron chi connectivity index (χ0n) is 13.3. The Balaban J connectivity index is 1.45. The second-order valence-corrected chi connectivity index (χ2v) is 6.36. The minimum Gasteiger partial charge on any atom is -0.369 e. The molecule has 120 valence electrons. The van der Waals surface area contributed by atoms with E-state index in [1.807, 2.05) is 12.1 Å². The van der Waals surface area contributed by atoms with Crippen LogP contribution in [0, 0.1) is 0 Å². The molecule has 0 bridgehead atoms. The van der Waals surface area contributed by atoms with Crippen LogP contribution >= 0.6 is 0 Å². The van der Waals surface area contributed by atoms with Gasteiger partial charge in [-0.3, -0.25) is 4.79 Å². The third-order valence-electron chi connectivity index (χ3n) is 4.38. The number of benzene rings is 1. The molecule has 3 rings (SSSR count). The minimum atomic E-state index is 0.0838. The quantitative estimate of drug-likeness (QED) is 0.836. The van der Waals surface area contributed by atoms with Gasteiger partial charge in [0.2, 0.25) is 5.91 Å². The Kier molecular flexibility index (Phi) is 4.95. The van der Waals surface area contributed by atoms with E-state index in [2.05, 4.69) is 39.6 Å². The van der Waals surface area contributed by atoms with E-state index in [9.17, 15) is 4.79 Å². The number of nitrogens with zero attached hydrogens (tertiary/aromatic N) is 2. The number of hydrogen-bond donors (Lipinski definition) is 2. The molecule has 1 amide bonds. The molecule has 1 aliphatic heterocycles. The molecule has 5 nitrogen and oxygen atoms in total. The molecule has 1 aliphatic carbocycles. The van der Waals surface area contributed by atoms with Crippen molar-refractivity contribution in [3.05, 3.63) is 24.3 Å². The summed E-state index contributed by atoms with van der Waals surface area (Å²) in [7, 11) is 2.16. The van der Waals surface area contributed by atoms with Crippen LogP contribution in [0.1, 0.15) is 19.3 Å². The molecule has 0 atom stereocenters. The van der Waals surface area contributed by atoms with Crippen molar-refractivity contribution in [1.82, 2.24) is 10.2 Å². The van der Waals surface area contributed by atoms with Gasteiger partial charge in [0, 0.05) is 56.6 Å². The first-order valence-corrected chi connectivity index (χ1v) is 8.27. The fraction of sp³-hybridized carbons (Fsp3) is 0.588. The van der Waals surface area contributed by atoms with E-state index in [-0.39, 0.29) is 5.91 Å². The summed E-state index contributed by atoms with van der Waals surface area (Å²) in [5, 5.41) is 6.33. The maximum absolute atomic E-state index is 11.9. The number of piperazine rings is 1. The van der Waals surface area contributed by atoms with Crippen LogP contribution in [-0.4, -0.2) is 56.6 Å². The molecule has 2 N–H and O–H groups in total. The molecule has 5 heteroatoms. The van der Waals surface area contributed by atoms with E-state index >= 15 is 0 Å². The van der Waals surface area contributed by atoms with Gasteiger partial charge in [-0.1, -0.05) is 0 Å². The predicted molar refractivity (Wildman–Crippen MR) is 90.4 cm³/mol. The second kappa shape index (κ2) is 7.11. The first kappa shape index (κ1) is 15.3. The lowest BCUT2D eigenvalue weighted by Gasteiger charge is -2.34. The van der Waals surface area contributed by atoms with E-state index in [4.69, 9.17) is 0 Å². The highest BCUT2D eigenvalue weighted by molar-refractivity contribution is 5.91. The van der Waals surface area contributed by atoms with Crippen molar-refractivity contribution in [3.8, 4) is 0 Å². The first-order chi connectivity index (χ1) is 10.7.